The molecule has 1 aliphatic heterocycles. The molecule has 0 radical (unpaired) electrons. The van der Waals surface area contributed by atoms with E-state index in [1.54, 1.807) is 24.3 Å². The third-order valence-corrected chi connectivity index (χ3v) is 3.75. The second kappa shape index (κ2) is 7.13. The quantitative estimate of drug-likeness (QED) is 0.663. The number of aldehydes is 1. The predicted octanol–water partition coefficient (Wildman–Crippen LogP) is 1.88. The van der Waals surface area contributed by atoms with Gasteiger partial charge in [-0.05, 0) is 38.4 Å². The molecule has 1 saturated heterocycles. The van der Waals surface area contributed by atoms with E-state index >= 15 is 0 Å². The normalized spacial score (nSPS) is 19.0. The lowest BCUT2D eigenvalue weighted by Crippen LogP contribution is -2.44. The van der Waals surface area contributed by atoms with Gasteiger partial charge in [0, 0.05) is 5.56 Å². The monoisotopic (exact) mass is 288 g/mol. The molecular weight excluding hydrogens is 268 g/mol. The Kier molecular flexibility index (Phi) is 5.22. The summed E-state index contributed by atoms with van der Waals surface area (Å²) < 4.78 is 0. The van der Waals surface area contributed by atoms with Crippen molar-refractivity contribution in [2.45, 2.75) is 32.2 Å². The summed E-state index contributed by atoms with van der Waals surface area (Å²) in [6.45, 7) is 2.40. The van der Waals surface area contributed by atoms with Gasteiger partial charge in [0.1, 0.15) is 6.29 Å². The van der Waals surface area contributed by atoms with Crippen molar-refractivity contribution < 1.29 is 14.4 Å². The van der Waals surface area contributed by atoms with Gasteiger partial charge in [-0.15, -0.1) is 0 Å². The molecule has 2 rings (SSSR count). The van der Waals surface area contributed by atoms with Crippen molar-refractivity contribution in [3.8, 4) is 0 Å². The van der Waals surface area contributed by atoms with Crippen molar-refractivity contribution in [3.63, 3.8) is 0 Å². The van der Waals surface area contributed by atoms with Gasteiger partial charge in [0.05, 0.1) is 18.3 Å². The molecule has 1 fully saturated rings. The van der Waals surface area contributed by atoms with Crippen LogP contribution in [0.1, 0.15) is 36.5 Å². The number of hydrogen-bond acceptors (Lipinski definition) is 4. The topological polar surface area (TPSA) is 66.5 Å². The molecule has 1 heterocycles. The first-order chi connectivity index (χ1) is 10.1. The fourth-order valence-corrected chi connectivity index (χ4v) is 2.64. The number of piperidine rings is 1. The van der Waals surface area contributed by atoms with E-state index in [-0.39, 0.29) is 24.3 Å². The molecule has 0 aromatic heterocycles. The summed E-state index contributed by atoms with van der Waals surface area (Å²) in [6.07, 6.45) is 3.74. The van der Waals surface area contributed by atoms with Gasteiger partial charge in [0.15, 0.2) is 5.78 Å². The number of nitrogens with one attached hydrogen (secondary N) is 1. The molecule has 1 amide bonds. The first kappa shape index (κ1) is 15.4. The summed E-state index contributed by atoms with van der Waals surface area (Å²) in [5.74, 6) is -0.285. The molecule has 0 spiro atoms. The number of carbonyl (C=O) groups excluding carboxylic acids is 3. The van der Waals surface area contributed by atoms with Gasteiger partial charge in [-0.2, -0.15) is 0 Å². The molecule has 21 heavy (non-hydrogen) atoms. The zero-order chi connectivity index (χ0) is 15.2. The van der Waals surface area contributed by atoms with Gasteiger partial charge in [0.2, 0.25) is 5.91 Å². The number of likely N-dealkylation sites (tertiary alicyclic amines) is 1. The summed E-state index contributed by atoms with van der Waals surface area (Å²) in [6, 6.07) is 6.76. The second-order valence-corrected chi connectivity index (χ2v) is 5.32. The summed E-state index contributed by atoms with van der Waals surface area (Å²) in [7, 11) is 0. The zero-order valence-electron chi connectivity index (χ0n) is 12.2. The molecular formula is C16H20N2O3. The lowest BCUT2D eigenvalue weighted by atomic mass is 10.0. The highest BCUT2D eigenvalue weighted by Gasteiger charge is 2.23. The molecule has 0 aliphatic carbocycles. The standard InChI is InChI=1S/C16H20N2O3/c1-12(20)14-7-2-3-8-15(14)17-16(21)10-18-9-5-4-6-13(18)11-19/h2-3,7-8,11,13H,4-6,9-10H2,1H3,(H,17,21). The van der Waals surface area contributed by atoms with Gasteiger partial charge >= 0.3 is 0 Å². The minimum Gasteiger partial charge on any atom is -0.324 e. The van der Waals surface area contributed by atoms with E-state index in [0.717, 1.165) is 32.1 Å². The van der Waals surface area contributed by atoms with Crippen LogP contribution in [0.5, 0.6) is 0 Å². The molecule has 1 N–H and O–H groups in total. The Morgan fingerprint density at radius 1 is 1.33 bits per heavy atom. The summed E-state index contributed by atoms with van der Waals surface area (Å²) in [5, 5.41) is 2.77. The molecule has 112 valence electrons. The van der Waals surface area contributed by atoms with Gasteiger partial charge in [-0.25, -0.2) is 0 Å². The molecule has 0 bridgehead atoms. The third-order valence-electron chi connectivity index (χ3n) is 3.75. The van der Waals surface area contributed by atoms with Crippen LogP contribution in [-0.2, 0) is 9.59 Å². The highest BCUT2D eigenvalue weighted by Crippen LogP contribution is 2.17. The van der Waals surface area contributed by atoms with Crippen LogP contribution < -0.4 is 5.32 Å². The molecule has 1 aromatic rings. The Bertz CT molecular complexity index is 542. The van der Waals surface area contributed by atoms with E-state index in [9.17, 15) is 14.4 Å². The van der Waals surface area contributed by atoms with E-state index in [1.165, 1.54) is 6.92 Å². The zero-order valence-corrected chi connectivity index (χ0v) is 12.2. The van der Waals surface area contributed by atoms with Crippen molar-refractivity contribution in [2.24, 2.45) is 0 Å². The Morgan fingerprint density at radius 2 is 2.10 bits per heavy atom. The lowest BCUT2D eigenvalue weighted by molar-refractivity contribution is -0.120. The summed E-state index contributed by atoms with van der Waals surface area (Å²) in [5.41, 5.74) is 1.02. The van der Waals surface area contributed by atoms with Crippen LogP contribution in [0.25, 0.3) is 0 Å². The van der Waals surface area contributed by atoms with Crippen molar-refractivity contribution in [1.82, 2.24) is 4.90 Å². The first-order valence-electron chi connectivity index (χ1n) is 7.21. The second-order valence-electron chi connectivity index (χ2n) is 5.32. The number of Topliss-reactive ketones (excluding diaryl/α,β-unsaturated/α-hetero) is 1. The Labute approximate surface area is 124 Å². The number of anilines is 1. The number of para-hydroxylation sites is 1. The summed E-state index contributed by atoms with van der Waals surface area (Å²) in [4.78, 5) is 36.6. The van der Waals surface area contributed by atoms with E-state index < -0.39 is 0 Å². The number of carbonyl (C=O) groups is 3. The fraction of sp³-hybridized carbons (Fsp3) is 0.438. The minimum absolute atomic E-state index is 0.0883. The number of amides is 1. The van der Waals surface area contributed by atoms with Crippen LogP contribution in [0.4, 0.5) is 5.69 Å². The maximum Gasteiger partial charge on any atom is 0.238 e. The van der Waals surface area contributed by atoms with Crippen LogP contribution in [0.15, 0.2) is 24.3 Å². The minimum atomic E-state index is -0.197. The van der Waals surface area contributed by atoms with Crippen molar-refractivity contribution in [2.75, 3.05) is 18.4 Å². The highest BCUT2D eigenvalue weighted by atomic mass is 16.2. The molecule has 1 atom stereocenters. The average Bonchev–Trinajstić information content (AvgIpc) is 2.48. The molecule has 5 nitrogen and oxygen atoms in total. The molecule has 5 heteroatoms. The van der Waals surface area contributed by atoms with Crippen LogP contribution in [0, 0.1) is 0 Å². The largest absolute Gasteiger partial charge is 0.324 e. The van der Waals surface area contributed by atoms with Crippen LogP contribution in [-0.4, -0.2) is 42.0 Å². The molecule has 1 aromatic carbocycles. The predicted molar refractivity (Wildman–Crippen MR) is 80.4 cm³/mol. The van der Waals surface area contributed by atoms with E-state index in [2.05, 4.69) is 5.32 Å². The third kappa shape index (κ3) is 3.98. The Balaban J connectivity index is 2.01. The number of nitrogens with zero attached hydrogens (tertiary/aromatic N) is 1. The smallest absolute Gasteiger partial charge is 0.238 e. The maximum atomic E-state index is 12.1. The molecule has 1 aliphatic rings. The van der Waals surface area contributed by atoms with Crippen molar-refractivity contribution >= 4 is 23.7 Å². The average molecular weight is 288 g/mol. The maximum absolute atomic E-state index is 12.1. The van der Waals surface area contributed by atoms with Gasteiger partial charge in [0.25, 0.3) is 0 Å². The van der Waals surface area contributed by atoms with E-state index in [0.29, 0.717) is 11.3 Å². The summed E-state index contributed by atoms with van der Waals surface area (Å²) >= 11 is 0. The Hall–Kier alpha value is -2.01. The van der Waals surface area contributed by atoms with Crippen molar-refractivity contribution in [3.05, 3.63) is 29.8 Å². The number of rotatable bonds is 5. The van der Waals surface area contributed by atoms with E-state index in [1.807, 2.05) is 4.90 Å². The molecule has 1 unspecified atom stereocenters. The van der Waals surface area contributed by atoms with Gasteiger partial charge < -0.3 is 10.1 Å². The fourth-order valence-electron chi connectivity index (χ4n) is 2.64. The van der Waals surface area contributed by atoms with Crippen molar-refractivity contribution in [1.29, 1.82) is 0 Å². The Morgan fingerprint density at radius 3 is 2.81 bits per heavy atom. The number of benzene rings is 1. The van der Waals surface area contributed by atoms with Crippen LogP contribution >= 0.6 is 0 Å². The molecule has 0 saturated carbocycles. The van der Waals surface area contributed by atoms with Crippen LogP contribution in [0.2, 0.25) is 0 Å². The highest BCUT2D eigenvalue weighted by molar-refractivity contribution is 6.04. The van der Waals surface area contributed by atoms with E-state index in [4.69, 9.17) is 0 Å². The lowest BCUT2D eigenvalue weighted by Gasteiger charge is -2.31. The number of hydrogen-bond donors (Lipinski definition) is 1. The van der Waals surface area contributed by atoms with Gasteiger partial charge in [-0.3, -0.25) is 14.5 Å². The first-order valence-corrected chi connectivity index (χ1v) is 7.21. The van der Waals surface area contributed by atoms with Gasteiger partial charge in [-0.1, -0.05) is 18.6 Å². The SMILES string of the molecule is CC(=O)c1ccccc1NC(=O)CN1CCCCC1C=O. The van der Waals surface area contributed by atoms with Crippen LogP contribution in [0.3, 0.4) is 0 Å². The number of ketones is 1.